The summed E-state index contributed by atoms with van der Waals surface area (Å²) in [4.78, 5) is 6.71. The van der Waals surface area contributed by atoms with Crippen LogP contribution in [-0.2, 0) is 12.8 Å². The largest absolute Gasteiger partial charge is 0.497 e. The van der Waals surface area contributed by atoms with Crippen LogP contribution < -0.4 is 15.0 Å². The van der Waals surface area contributed by atoms with Crippen molar-refractivity contribution in [3.05, 3.63) is 59.7 Å². The molecule has 1 heterocycles. The molecule has 4 nitrogen and oxygen atoms in total. The number of guanidine groups is 1. The Labute approximate surface area is 160 Å². The number of para-hydroxylation sites is 1. The summed E-state index contributed by atoms with van der Waals surface area (Å²) in [5.41, 5.74) is 3.92. The van der Waals surface area contributed by atoms with E-state index in [9.17, 15) is 0 Å². The molecule has 0 saturated heterocycles. The van der Waals surface area contributed by atoms with Crippen LogP contribution in [0.25, 0.3) is 0 Å². The first kappa shape index (κ1) is 18.6. The van der Waals surface area contributed by atoms with Crippen molar-refractivity contribution in [2.75, 3.05) is 32.1 Å². The molecule has 1 N–H and O–H groups in total. The smallest absolute Gasteiger partial charge is 0.198 e. The maximum atomic E-state index is 5.27. The zero-order valence-corrected chi connectivity index (χ0v) is 16.5. The van der Waals surface area contributed by atoms with E-state index in [1.165, 1.54) is 16.8 Å². The van der Waals surface area contributed by atoms with Crippen LogP contribution in [0.1, 0.15) is 11.1 Å². The number of nitrogens with zero attached hydrogens (tertiary/aromatic N) is 2. The van der Waals surface area contributed by atoms with Crippen LogP contribution in [0, 0.1) is 0 Å². The lowest BCUT2D eigenvalue weighted by molar-refractivity contribution is 0.414. The summed E-state index contributed by atoms with van der Waals surface area (Å²) in [5, 5.41) is 3.47. The number of benzene rings is 2. The SMILES string of the molecule is CN=C(NCCc1cccc(OC)c1)N1CCc2ccccc21.I. The third-order valence-electron chi connectivity index (χ3n) is 4.19. The molecule has 2 aromatic carbocycles. The van der Waals surface area contributed by atoms with Gasteiger partial charge in [0, 0.05) is 25.8 Å². The Hall–Kier alpha value is -1.76. The summed E-state index contributed by atoms with van der Waals surface area (Å²) in [6, 6.07) is 16.7. The quantitative estimate of drug-likeness (QED) is 0.452. The standard InChI is InChI=1S/C19H23N3O.HI/c1-20-19(22-13-11-16-7-3-4-9-18(16)22)21-12-10-15-6-5-8-17(14-15)23-2;/h3-9,14H,10-13H2,1-2H3,(H,20,21);1H. The lowest BCUT2D eigenvalue weighted by Crippen LogP contribution is -2.41. The Kier molecular flexibility index (Phi) is 6.90. The molecule has 0 aromatic heterocycles. The van der Waals surface area contributed by atoms with Gasteiger partial charge in [0.05, 0.1) is 7.11 Å². The number of anilines is 1. The van der Waals surface area contributed by atoms with Crippen LogP contribution in [0.4, 0.5) is 5.69 Å². The molecule has 1 aliphatic rings. The molecule has 0 amide bonds. The summed E-state index contributed by atoms with van der Waals surface area (Å²) < 4.78 is 5.27. The molecule has 0 bridgehead atoms. The summed E-state index contributed by atoms with van der Waals surface area (Å²) in [5.74, 6) is 1.85. The second-order valence-electron chi connectivity index (χ2n) is 5.61. The van der Waals surface area contributed by atoms with Gasteiger partial charge in [0.15, 0.2) is 5.96 Å². The van der Waals surface area contributed by atoms with E-state index in [1.54, 1.807) is 7.11 Å². The van der Waals surface area contributed by atoms with Gasteiger partial charge in [0.25, 0.3) is 0 Å². The highest BCUT2D eigenvalue weighted by Crippen LogP contribution is 2.27. The van der Waals surface area contributed by atoms with Gasteiger partial charge in [-0.2, -0.15) is 0 Å². The van der Waals surface area contributed by atoms with E-state index in [-0.39, 0.29) is 24.0 Å². The number of fused-ring (bicyclic) bond motifs is 1. The number of nitrogens with one attached hydrogen (secondary N) is 1. The van der Waals surface area contributed by atoms with E-state index in [4.69, 9.17) is 4.74 Å². The Bertz CT molecular complexity index is 703. The van der Waals surface area contributed by atoms with Crippen LogP contribution in [-0.4, -0.2) is 33.2 Å². The fourth-order valence-corrected chi connectivity index (χ4v) is 3.00. The minimum absolute atomic E-state index is 0. The highest BCUT2D eigenvalue weighted by Gasteiger charge is 2.21. The molecular weight excluding hydrogens is 413 g/mol. The van der Waals surface area contributed by atoms with Crippen LogP contribution >= 0.6 is 24.0 Å². The molecule has 24 heavy (non-hydrogen) atoms. The van der Waals surface area contributed by atoms with Gasteiger partial charge in [-0.05, 0) is 42.2 Å². The second kappa shape index (κ2) is 8.92. The lowest BCUT2D eigenvalue weighted by atomic mass is 10.1. The van der Waals surface area contributed by atoms with Crippen molar-refractivity contribution in [1.29, 1.82) is 0 Å². The lowest BCUT2D eigenvalue weighted by Gasteiger charge is -2.22. The van der Waals surface area contributed by atoms with Gasteiger partial charge in [-0.15, -0.1) is 24.0 Å². The highest BCUT2D eigenvalue weighted by molar-refractivity contribution is 14.0. The predicted molar refractivity (Wildman–Crippen MR) is 111 cm³/mol. The maximum Gasteiger partial charge on any atom is 0.198 e. The molecule has 0 fully saturated rings. The molecule has 128 valence electrons. The summed E-state index contributed by atoms with van der Waals surface area (Å²) in [6.07, 6.45) is 2.01. The molecular formula is C19H24IN3O. The Balaban J connectivity index is 0.00000208. The fourth-order valence-electron chi connectivity index (χ4n) is 3.00. The highest BCUT2D eigenvalue weighted by atomic mass is 127. The molecule has 2 aromatic rings. The molecule has 0 spiro atoms. The van der Waals surface area contributed by atoms with Gasteiger partial charge in [-0.3, -0.25) is 4.99 Å². The van der Waals surface area contributed by atoms with E-state index in [0.717, 1.165) is 37.6 Å². The summed E-state index contributed by atoms with van der Waals surface area (Å²) in [7, 11) is 3.54. The molecule has 0 radical (unpaired) electrons. The third-order valence-corrected chi connectivity index (χ3v) is 4.19. The first-order valence-electron chi connectivity index (χ1n) is 8.01. The number of hydrogen-bond donors (Lipinski definition) is 1. The van der Waals surface area contributed by atoms with Crippen molar-refractivity contribution in [3.63, 3.8) is 0 Å². The Morgan fingerprint density at radius 1 is 1.21 bits per heavy atom. The average Bonchev–Trinajstić information content (AvgIpc) is 3.03. The van der Waals surface area contributed by atoms with Crippen molar-refractivity contribution < 1.29 is 4.74 Å². The molecule has 3 rings (SSSR count). The predicted octanol–water partition coefficient (Wildman–Crippen LogP) is 3.49. The zero-order valence-electron chi connectivity index (χ0n) is 14.2. The topological polar surface area (TPSA) is 36.9 Å². The Morgan fingerprint density at radius 2 is 2.04 bits per heavy atom. The van der Waals surface area contributed by atoms with Gasteiger partial charge >= 0.3 is 0 Å². The number of rotatable bonds is 4. The van der Waals surface area contributed by atoms with Crippen LogP contribution in [0.5, 0.6) is 5.75 Å². The third kappa shape index (κ3) is 4.20. The minimum Gasteiger partial charge on any atom is -0.497 e. The number of methoxy groups -OCH3 is 1. The van der Waals surface area contributed by atoms with Crippen LogP contribution in [0.15, 0.2) is 53.5 Å². The number of ether oxygens (including phenoxy) is 1. The van der Waals surface area contributed by atoms with Gasteiger partial charge in [0.1, 0.15) is 5.75 Å². The van der Waals surface area contributed by atoms with E-state index in [1.807, 2.05) is 19.2 Å². The fraction of sp³-hybridized carbons (Fsp3) is 0.316. The van der Waals surface area contributed by atoms with Crippen molar-refractivity contribution in [3.8, 4) is 5.75 Å². The minimum atomic E-state index is 0. The van der Waals surface area contributed by atoms with E-state index in [2.05, 4.69) is 51.6 Å². The number of halogens is 1. The van der Waals surface area contributed by atoms with Crippen molar-refractivity contribution in [2.24, 2.45) is 4.99 Å². The normalized spacial score (nSPS) is 13.2. The van der Waals surface area contributed by atoms with E-state index < -0.39 is 0 Å². The maximum absolute atomic E-state index is 5.27. The first-order valence-corrected chi connectivity index (χ1v) is 8.01. The second-order valence-corrected chi connectivity index (χ2v) is 5.61. The molecule has 0 unspecified atom stereocenters. The monoisotopic (exact) mass is 437 g/mol. The Morgan fingerprint density at radius 3 is 2.83 bits per heavy atom. The molecule has 1 aliphatic heterocycles. The molecule has 5 heteroatoms. The molecule has 0 atom stereocenters. The van der Waals surface area contributed by atoms with Crippen molar-refractivity contribution in [1.82, 2.24) is 5.32 Å². The van der Waals surface area contributed by atoms with Gasteiger partial charge < -0.3 is 15.0 Å². The number of hydrogen-bond acceptors (Lipinski definition) is 2. The van der Waals surface area contributed by atoms with Crippen molar-refractivity contribution >= 4 is 35.6 Å². The average molecular weight is 437 g/mol. The first-order chi connectivity index (χ1) is 11.3. The molecule has 0 aliphatic carbocycles. The van der Waals surface area contributed by atoms with Gasteiger partial charge in [0.2, 0.25) is 0 Å². The van der Waals surface area contributed by atoms with Gasteiger partial charge in [-0.25, -0.2) is 0 Å². The zero-order chi connectivity index (χ0) is 16.1. The summed E-state index contributed by atoms with van der Waals surface area (Å²) >= 11 is 0. The van der Waals surface area contributed by atoms with Gasteiger partial charge in [-0.1, -0.05) is 30.3 Å². The van der Waals surface area contributed by atoms with E-state index >= 15 is 0 Å². The summed E-state index contributed by atoms with van der Waals surface area (Å²) in [6.45, 7) is 1.83. The van der Waals surface area contributed by atoms with Crippen LogP contribution in [0.2, 0.25) is 0 Å². The van der Waals surface area contributed by atoms with E-state index in [0.29, 0.717) is 0 Å². The molecule has 0 saturated carbocycles. The van der Waals surface area contributed by atoms with Crippen molar-refractivity contribution in [2.45, 2.75) is 12.8 Å². The van der Waals surface area contributed by atoms with Crippen LogP contribution in [0.3, 0.4) is 0 Å². The number of aliphatic imine (C=N–C) groups is 1.